The van der Waals surface area contributed by atoms with Crippen LogP contribution in [0.25, 0.3) is 0 Å². The maximum absolute atomic E-state index is 4.25. The van der Waals surface area contributed by atoms with Crippen LogP contribution in [-0.2, 0) is 6.54 Å². The molecule has 2 aliphatic rings. The van der Waals surface area contributed by atoms with E-state index in [2.05, 4.69) is 33.9 Å². The number of rotatable bonds is 5. The minimum absolute atomic E-state index is 0.693. The number of aromatic nitrogens is 3. The molecule has 0 aromatic carbocycles. The Kier molecular flexibility index (Phi) is 3.87. The molecule has 0 amide bonds. The molecule has 2 aliphatic carbocycles. The predicted octanol–water partition coefficient (Wildman–Crippen LogP) is 2.57. The van der Waals surface area contributed by atoms with Crippen molar-refractivity contribution in [3.63, 3.8) is 0 Å². The van der Waals surface area contributed by atoms with Gasteiger partial charge in [0.05, 0.1) is 0 Å². The molecular formula is C15H26N4. The maximum atomic E-state index is 4.25. The summed E-state index contributed by atoms with van der Waals surface area (Å²) >= 11 is 0. The van der Waals surface area contributed by atoms with Gasteiger partial charge < -0.3 is 9.88 Å². The molecule has 2 fully saturated rings. The smallest absolute Gasteiger partial charge is 0.135 e. The van der Waals surface area contributed by atoms with Crippen molar-refractivity contribution in [1.29, 1.82) is 0 Å². The molecule has 0 bridgehead atoms. The third kappa shape index (κ3) is 3.16. The summed E-state index contributed by atoms with van der Waals surface area (Å²) in [6.07, 6.45) is 8.52. The molecule has 3 rings (SSSR count). The normalized spacial score (nSPS) is 31.6. The van der Waals surface area contributed by atoms with Crippen LogP contribution in [0.4, 0.5) is 0 Å². The topological polar surface area (TPSA) is 42.7 Å². The van der Waals surface area contributed by atoms with Gasteiger partial charge in [0.25, 0.3) is 0 Å². The van der Waals surface area contributed by atoms with E-state index in [1.54, 1.807) is 0 Å². The van der Waals surface area contributed by atoms with Crippen molar-refractivity contribution in [3.8, 4) is 0 Å². The van der Waals surface area contributed by atoms with Gasteiger partial charge in [-0.05, 0) is 43.9 Å². The molecule has 0 saturated heterocycles. The fourth-order valence-corrected chi connectivity index (χ4v) is 3.22. The highest BCUT2D eigenvalue weighted by Crippen LogP contribution is 2.38. The summed E-state index contributed by atoms with van der Waals surface area (Å²) in [6.45, 7) is 6.84. The van der Waals surface area contributed by atoms with Crippen molar-refractivity contribution in [3.05, 3.63) is 12.2 Å². The summed E-state index contributed by atoms with van der Waals surface area (Å²) in [6, 6.07) is 0.715. The number of nitrogens with zero attached hydrogens (tertiary/aromatic N) is 3. The van der Waals surface area contributed by atoms with E-state index in [-0.39, 0.29) is 0 Å². The van der Waals surface area contributed by atoms with E-state index in [9.17, 15) is 0 Å². The first-order valence-electron chi connectivity index (χ1n) is 7.85. The Hall–Kier alpha value is -0.900. The highest BCUT2D eigenvalue weighted by molar-refractivity contribution is 5.04. The van der Waals surface area contributed by atoms with Crippen LogP contribution in [0.2, 0.25) is 0 Å². The lowest BCUT2D eigenvalue weighted by molar-refractivity contribution is 0.225. The molecule has 1 N–H and O–H groups in total. The predicted molar refractivity (Wildman–Crippen MR) is 76.0 cm³/mol. The Morgan fingerprint density at radius 1 is 1.21 bits per heavy atom. The van der Waals surface area contributed by atoms with Crippen molar-refractivity contribution >= 4 is 0 Å². The molecule has 1 heterocycles. The summed E-state index contributed by atoms with van der Waals surface area (Å²) in [4.78, 5) is 0. The van der Waals surface area contributed by atoms with Crippen LogP contribution in [0.15, 0.2) is 6.33 Å². The second-order valence-corrected chi connectivity index (χ2v) is 6.58. The first-order chi connectivity index (χ1) is 9.24. The van der Waals surface area contributed by atoms with E-state index in [0.717, 1.165) is 24.9 Å². The van der Waals surface area contributed by atoms with Gasteiger partial charge in [0.15, 0.2) is 0 Å². The van der Waals surface area contributed by atoms with Crippen LogP contribution >= 0.6 is 0 Å². The Bertz CT molecular complexity index is 410. The molecular weight excluding hydrogens is 236 g/mol. The second kappa shape index (κ2) is 5.61. The van der Waals surface area contributed by atoms with Gasteiger partial charge in [0.1, 0.15) is 12.2 Å². The summed E-state index contributed by atoms with van der Waals surface area (Å²) < 4.78 is 2.24. The highest BCUT2D eigenvalue weighted by atomic mass is 15.3. The van der Waals surface area contributed by atoms with Gasteiger partial charge in [0, 0.05) is 25.0 Å². The SMILES string of the molecule is C[C@@H]1CC[C@@H](NCCn2cnnc2C2CC2)C[C@@H]1C. The fraction of sp³-hybridized carbons (Fsp3) is 0.867. The first kappa shape index (κ1) is 13.1. The third-order valence-electron chi connectivity index (χ3n) is 4.97. The summed E-state index contributed by atoms with van der Waals surface area (Å²) in [5.41, 5.74) is 0. The molecule has 0 spiro atoms. The molecule has 106 valence electrons. The Morgan fingerprint density at radius 3 is 2.79 bits per heavy atom. The van der Waals surface area contributed by atoms with Crippen molar-refractivity contribution in [2.45, 2.75) is 64.5 Å². The zero-order valence-corrected chi connectivity index (χ0v) is 12.2. The zero-order valence-electron chi connectivity index (χ0n) is 12.2. The Morgan fingerprint density at radius 2 is 2.05 bits per heavy atom. The first-order valence-corrected chi connectivity index (χ1v) is 7.85. The average Bonchev–Trinajstić information content (AvgIpc) is 3.14. The highest BCUT2D eigenvalue weighted by Gasteiger charge is 2.28. The average molecular weight is 262 g/mol. The van der Waals surface area contributed by atoms with Crippen molar-refractivity contribution < 1.29 is 0 Å². The van der Waals surface area contributed by atoms with Gasteiger partial charge in [-0.2, -0.15) is 0 Å². The zero-order chi connectivity index (χ0) is 13.2. The minimum Gasteiger partial charge on any atom is -0.316 e. The van der Waals surface area contributed by atoms with Crippen LogP contribution in [0.5, 0.6) is 0 Å². The number of hydrogen-bond acceptors (Lipinski definition) is 3. The molecule has 0 radical (unpaired) electrons. The molecule has 4 nitrogen and oxygen atoms in total. The third-order valence-corrected chi connectivity index (χ3v) is 4.97. The number of hydrogen-bond donors (Lipinski definition) is 1. The molecule has 1 aromatic heterocycles. The molecule has 0 aliphatic heterocycles. The fourth-order valence-electron chi connectivity index (χ4n) is 3.22. The molecule has 4 heteroatoms. The van der Waals surface area contributed by atoms with Gasteiger partial charge in [-0.25, -0.2) is 0 Å². The van der Waals surface area contributed by atoms with Gasteiger partial charge in [-0.1, -0.05) is 13.8 Å². The lowest BCUT2D eigenvalue weighted by atomic mass is 9.79. The largest absolute Gasteiger partial charge is 0.316 e. The lowest BCUT2D eigenvalue weighted by Crippen LogP contribution is -2.37. The van der Waals surface area contributed by atoms with Crippen LogP contribution in [0, 0.1) is 11.8 Å². The molecule has 3 atom stereocenters. The quantitative estimate of drug-likeness (QED) is 0.887. The Balaban J connectivity index is 1.44. The second-order valence-electron chi connectivity index (χ2n) is 6.58. The maximum Gasteiger partial charge on any atom is 0.135 e. The number of nitrogens with one attached hydrogen (secondary N) is 1. The summed E-state index contributed by atoms with van der Waals surface area (Å²) in [7, 11) is 0. The molecule has 2 saturated carbocycles. The van der Waals surface area contributed by atoms with Gasteiger partial charge in [0.2, 0.25) is 0 Å². The molecule has 0 unspecified atom stereocenters. The summed E-state index contributed by atoms with van der Waals surface area (Å²) in [5.74, 6) is 3.66. The van der Waals surface area contributed by atoms with E-state index in [4.69, 9.17) is 0 Å². The van der Waals surface area contributed by atoms with Gasteiger partial charge in [-0.15, -0.1) is 10.2 Å². The van der Waals surface area contributed by atoms with Gasteiger partial charge in [-0.3, -0.25) is 0 Å². The van der Waals surface area contributed by atoms with E-state index in [1.807, 2.05) is 6.33 Å². The lowest BCUT2D eigenvalue weighted by Gasteiger charge is -2.32. The van der Waals surface area contributed by atoms with Crippen LogP contribution < -0.4 is 5.32 Å². The van der Waals surface area contributed by atoms with Crippen molar-refractivity contribution in [1.82, 2.24) is 20.1 Å². The van der Waals surface area contributed by atoms with Crippen LogP contribution in [0.1, 0.15) is 57.7 Å². The van der Waals surface area contributed by atoms with E-state index < -0.39 is 0 Å². The van der Waals surface area contributed by atoms with E-state index >= 15 is 0 Å². The summed E-state index contributed by atoms with van der Waals surface area (Å²) in [5, 5.41) is 12.0. The Labute approximate surface area is 116 Å². The van der Waals surface area contributed by atoms with Gasteiger partial charge >= 0.3 is 0 Å². The van der Waals surface area contributed by atoms with Crippen LogP contribution in [-0.4, -0.2) is 27.4 Å². The minimum atomic E-state index is 0.693. The van der Waals surface area contributed by atoms with E-state index in [1.165, 1.54) is 37.9 Å². The molecule has 19 heavy (non-hydrogen) atoms. The van der Waals surface area contributed by atoms with Crippen molar-refractivity contribution in [2.24, 2.45) is 11.8 Å². The molecule has 1 aromatic rings. The van der Waals surface area contributed by atoms with E-state index in [0.29, 0.717) is 12.0 Å². The monoisotopic (exact) mass is 262 g/mol. The standard InChI is InChI=1S/C15H26N4/c1-11-3-6-14(9-12(11)2)16-7-8-19-10-17-18-15(19)13-4-5-13/h10-14,16H,3-9H2,1-2H3/t11-,12+,14-/m1/s1. The van der Waals surface area contributed by atoms with Crippen molar-refractivity contribution in [2.75, 3.05) is 6.54 Å². The van der Waals surface area contributed by atoms with Crippen LogP contribution in [0.3, 0.4) is 0 Å².